The van der Waals surface area contributed by atoms with Gasteiger partial charge >= 0.3 is 0 Å². The maximum absolute atomic E-state index is 9.41. The van der Waals surface area contributed by atoms with Crippen molar-refractivity contribution >= 4 is 0 Å². The maximum atomic E-state index is 9.41. The lowest BCUT2D eigenvalue weighted by atomic mass is 9.98. The summed E-state index contributed by atoms with van der Waals surface area (Å²) in [6.07, 6.45) is 1.32. The van der Waals surface area contributed by atoms with Gasteiger partial charge < -0.3 is 10.2 Å². The van der Waals surface area contributed by atoms with Gasteiger partial charge in [-0.15, -0.1) is 0 Å². The van der Waals surface area contributed by atoms with E-state index in [1.807, 2.05) is 6.92 Å². The summed E-state index contributed by atoms with van der Waals surface area (Å²) in [5.41, 5.74) is 0. The molecule has 0 fully saturated rings. The van der Waals surface area contributed by atoms with Gasteiger partial charge in [0.15, 0.2) is 0 Å². The molecule has 0 aromatic carbocycles. The van der Waals surface area contributed by atoms with Crippen LogP contribution in [0.15, 0.2) is 0 Å². The molecule has 0 saturated carbocycles. The topological polar surface area (TPSA) is 40.5 Å². The van der Waals surface area contributed by atoms with Crippen molar-refractivity contribution in [2.75, 3.05) is 6.61 Å². The highest BCUT2D eigenvalue weighted by molar-refractivity contribution is 4.62. The van der Waals surface area contributed by atoms with Gasteiger partial charge in [0.1, 0.15) is 0 Å². The van der Waals surface area contributed by atoms with Gasteiger partial charge in [0, 0.05) is 6.61 Å². The Morgan fingerprint density at radius 1 is 1.09 bits per heavy atom. The number of hydrogen-bond donors (Lipinski definition) is 2. The third kappa shape index (κ3) is 6.32. The van der Waals surface area contributed by atoms with Crippen molar-refractivity contribution in [3.63, 3.8) is 0 Å². The van der Waals surface area contributed by atoms with Gasteiger partial charge in [-0.25, -0.2) is 0 Å². The maximum Gasteiger partial charge on any atom is 0.0546 e. The Balaban J connectivity index is 3.43. The summed E-state index contributed by atoms with van der Waals surface area (Å²) in [6.45, 7) is 6.30. The van der Waals surface area contributed by atoms with Crippen LogP contribution in [0.1, 0.15) is 33.6 Å². The van der Waals surface area contributed by atoms with Crippen molar-refractivity contribution in [1.82, 2.24) is 0 Å². The van der Waals surface area contributed by atoms with Crippen LogP contribution >= 0.6 is 0 Å². The number of aliphatic hydroxyl groups is 2. The number of hydrogen-bond acceptors (Lipinski definition) is 2. The molecule has 0 bridgehead atoms. The molecule has 0 spiro atoms. The van der Waals surface area contributed by atoms with E-state index in [1.165, 1.54) is 0 Å². The summed E-state index contributed by atoms with van der Waals surface area (Å²) in [4.78, 5) is 0. The smallest absolute Gasteiger partial charge is 0.0546 e. The van der Waals surface area contributed by atoms with Crippen LogP contribution in [-0.4, -0.2) is 22.9 Å². The molecule has 0 rings (SSSR count). The first-order chi connectivity index (χ1) is 5.06. The molecule has 0 radical (unpaired) electrons. The minimum atomic E-state index is -0.239. The number of rotatable bonds is 5. The normalized spacial score (nSPS) is 16.9. The molecular formula is C9H20O2. The monoisotopic (exact) mass is 160 g/mol. The van der Waals surface area contributed by atoms with Crippen molar-refractivity contribution in [1.29, 1.82) is 0 Å². The summed E-state index contributed by atoms with van der Waals surface area (Å²) < 4.78 is 0. The molecule has 0 aliphatic carbocycles. The van der Waals surface area contributed by atoms with Crippen LogP contribution in [0.25, 0.3) is 0 Å². The highest BCUT2D eigenvalue weighted by atomic mass is 16.3. The zero-order valence-corrected chi connectivity index (χ0v) is 7.75. The lowest BCUT2D eigenvalue weighted by Crippen LogP contribution is -2.16. The molecule has 2 nitrogen and oxygen atoms in total. The van der Waals surface area contributed by atoms with E-state index in [4.69, 9.17) is 5.11 Å². The molecule has 0 aromatic rings. The minimum absolute atomic E-state index is 0.176. The fourth-order valence-electron chi connectivity index (χ4n) is 1.18. The van der Waals surface area contributed by atoms with Crippen LogP contribution in [0.2, 0.25) is 0 Å². The predicted octanol–water partition coefficient (Wildman–Crippen LogP) is 1.41. The molecule has 2 heteroatoms. The first-order valence-electron chi connectivity index (χ1n) is 4.35. The Morgan fingerprint density at radius 3 is 2.00 bits per heavy atom. The first kappa shape index (κ1) is 10.9. The summed E-state index contributed by atoms with van der Waals surface area (Å²) in [5, 5.41) is 18.1. The first-order valence-corrected chi connectivity index (χ1v) is 4.35. The van der Waals surface area contributed by atoms with Crippen LogP contribution in [0.5, 0.6) is 0 Å². The molecular weight excluding hydrogens is 140 g/mol. The zero-order valence-electron chi connectivity index (χ0n) is 7.75. The molecule has 68 valence electrons. The van der Waals surface area contributed by atoms with Crippen LogP contribution in [0.3, 0.4) is 0 Å². The second kappa shape index (κ2) is 5.56. The van der Waals surface area contributed by atoms with Crippen LogP contribution in [0, 0.1) is 11.8 Å². The Morgan fingerprint density at radius 2 is 1.64 bits per heavy atom. The third-order valence-electron chi connectivity index (χ3n) is 1.73. The number of aliphatic hydroxyl groups excluding tert-OH is 2. The van der Waals surface area contributed by atoms with Crippen molar-refractivity contribution < 1.29 is 10.2 Å². The molecule has 0 aliphatic rings. The second-order valence-electron chi connectivity index (χ2n) is 3.81. The largest absolute Gasteiger partial charge is 0.396 e. The van der Waals surface area contributed by atoms with Gasteiger partial charge in [0.05, 0.1) is 6.10 Å². The van der Waals surface area contributed by atoms with Crippen LogP contribution < -0.4 is 0 Å². The quantitative estimate of drug-likeness (QED) is 0.638. The summed E-state index contributed by atoms with van der Waals surface area (Å²) >= 11 is 0. The van der Waals surface area contributed by atoms with E-state index in [0.717, 1.165) is 6.42 Å². The van der Waals surface area contributed by atoms with E-state index in [0.29, 0.717) is 12.3 Å². The standard InChI is InChI=1S/C9H20O2/c1-7(2)4-9(11)5-8(3)6-10/h7-11H,4-6H2,1-3H3. The minimum Gasteiger partial charge on any atom is -0.396 e. The molecule has 2 N–H and O–H groups in total. The lowest BCUT2D eigenvalue weighted by Gasteiger charge is -2.15. The molecule has 0 saturated heterocycles. The van der Waals surface area contributed by atoms with Gasteiger partial charge in [0.25, 0.3) is 0 Å². The summed E-state index contributed by atoms with van der Waals surface area (Å²) in [7, 11) is 0. The predicted molar refractivity (Wildman–Crippen MR) is 46.3 cm³/mol. The fourth-order valence-corrected chi connectivity index (χ4v) is 1.18. The Labute approximate surface area is 69.2 Å². The molecule has 0 amide bonds. The van der Waals surface area contributed by atoms with Gasteiger partial charge in [-0.1, -0.05) is 20.8 Å². The van der Waals surface area contributed by atoms with E-state index in [9.17, 15) is 5.11 Å². The molecule has 11 heavy (non-hydrogen) atoms. The fraction of sp³-hybridized carbons (Fsp3) is 1.00. The summed E-state index contributed by atoms with van der Waals surface area (Å²) in [6, 6.07) is 0. The van der Waals surface area contributed by atoms with E-state index in [2.05, 4.69) is 13.8 Å². The van der Waals surface area contributed by atoms with E-state index in [1.54, 1.807) is 0 Å². The SMILES string of the molecule is CC(C)CC(O)CC(C)CO. The van der Waals surface area contributed by atoms with Gasteiger partial charge in [0.2, 0.25) is 0 Å². The van der Waals surface area contributed by atoms with Gasteiger partial charge in [-0.3, -0.25) is 0 Å². The van der Waals surface area contributed by atoms with Crippen molar-refractivity contribution in [2.45, 2.75) is 39.7 Å². The average molecular weight is 160 g/mol. The van der Waals surface area contributed by atoms with Crippen molar-refractivity contribution in [3.8, 4) is 0 Å². The highest BCUT2D eigenvalue weighted by Crippen LogP contribution is 2.12. The van der Waals surface area contributed by atoms with Crippen molar-refractivity contribution in [3.05, 3.63) is 0 Å². The van der Waals surface area contributed by atoms with E-state index < -0.39 is 0 Å². The Kier molecular flexibility index (Phi) is 5.51. The molecule has 2 unspecified atom stereocenters. The van der Waals surface area contributed by atoms with E-state index >= 15 is 0 Å². The second-order valence-corrected chi connectivity index (χ2v) is 3.81. The highest BCUT2D eigenvalue weighted by Gasteiger charge is 2.10. The Hall–Kier alpha value is -0.0800. The van der Waals surface area contributed by atoms with E-state index in [-0.39, 0.29) is 18.6 Å². The molecule has 0 aromatic heterocycles. The molecule has 0 heterocycles. The van der Waals surface area contributed by atoms with Crippen LogP contribution in [0.4, 0.5) is 0 Å². The molecule has 2 atom stereocenters. The Bertz CT molecular complexity index is 91.6. The van der Waals surface area contributed by atoms with Gasteiger partial charge in [-0.2, -0.15) is 0 Å². The zero-order chi connectivity index (χ0) is 8.85. The summed E-state index contributed by atoms with van der Waals surface area (Å²) in [5.74, 6) is 0.764. The average Bonchev–Trinajstić information content (AvgIpc) is 1.85. The van der Waals surface area contributed by atoms with Gasteiger partial charge in [-0.05, 0) is 24.7 Å². The third-order valence-corrected chi connectivity index (χ3v) is 1.73. The van der Waals surface area contributed by atoms with Crippen LogP contribution in [-0.2, 0) is 0 Å². The van der Waals surface area contributed by atoms with Crippen molar-refractivity contribution in [2.24, 2.45) is 11.8 Å². The molecule has 0 aliphatic heterocycles. The lowest BCUT2D eigenvalue weighted by molar-refractivity contribution is 0.104.